The summed E-state index contributed by atoms with van der Waals surface area (Å²) in [5, 5.41) is 12.7. The highest BCUT2D eigenvalue weighted by Crippen LogP contribution is 2.41. The summed E-state index contributed by atoms with van der Waals surface area (Å²) >= 11 is 0. The number of nitrogen functional groups attached to an aromatic ring is 1. The van der Waals surface area contributed by atoms with Gasteiger partial charge < -0.3 is 10.6 Å². The Balaban J connectivity index is 1.61. The minimum Gasteiger partial charge on any atom is -0.382 e. The van der Waals surface area contributed by atoms with E-state index in [1.54, 1.807) is 0 Å². The summed E-state index contributed by atoms with van der Waals surface area (Å²) in [6, 6.07) is 3.80. The Hall–Kier alpha value is -2.44. The van der Waals surface area contributed by atoms with Crippen LogP contribution in [0.4, 0.5) is 5.82 Å². The molecule has 1 aliphatic heterocycles. The van der Waals surface area contributed by atoms with Crippen LogP contribution in [0.15, 0.2) is 12.1 Å². The molecule has 7 nitrogen and oxygen atoms in total. The average molecular weight is 340 g/mol. The molecule has 0 saturated heterocycles. The average Bonchev–Trinajstić information content (AvgIpc) is 3.30. The summed E-state index contributed by atoms with van der Waals surface area (Å²) in [6.07, 6.45) is 3.07. The SMILES string of the molecule is CC(C)(C)n1nc(C(=O)N2CCc3nnc(N)cc3C2)cc1C1CC1. The lowest BCUT2D eigenvalue weighted by molar-refractivity contribution is 0.0725. The number of carbonyl (C=O) groups is 1. The summed E-state index contributed by atoms with van der Waals surface area (Å²) in [4.78, 5) is 14.8. The van der Waals surface area contributed by atoms with Gasteiger partial charge >= 0.3 is 0 Å². The first-order valence-electron chi connectivity index (χ1n) is 8.83. The van der Waals surface area contributed by atoms with Crippen LogP contribution >= 0.6 is 0 Å². The third-order valence-corrected chi connectivity index (χ3v) is 4.83. The van der Waals surface area contributed by atoms with E-state index in [-0.39, 0.29) is 11.4 Å². The van der Waals surface area contributed by atoms with Crippen molar-refractivity contribution in [2.24, 2.45) is 0 Å². The highest BCUT2D eigenvalue weighted by Gasteiger charge is 2.34. The second-order valence-electron chi connectivity index (χ2n) is 8.03. The van der Waals surface area contributed by atoms with Crippen LogP contribution in [0.5, 0.6) is 0 Å². The number of hydrogen-bond donors (Lipinski definition) is 1. The molecule has 3 heterocycles. The van der Waals surface area contributed by atoms with Gasteiger partial charge in [0.05, 0.1) is 11.2 Å². The van der Waals surface area contributed by atoms with E-state index in [2.05, 4.69) is 36.1 Å². The third kappa shape index (κ3) is 2.99. The zero-order valence-electron chi connectivity index (χ0n) is 15.0. The van der Waals surface area contributed by atoms with Crippen LogP contribution in [0.3, 0.4) is 0 Å². The van der Waals surface area contributed by atoms with E-state index in [4.69, 9.17) is 5.73 Å². The molecule has 2 aromatic heterocycles. The van der Waals surface area contributed by atoms with E-state index in [0.29, 0.717) is 36.9 Å². The number of hydrogen-bond acceptors (Lipinski definition) is 5. The third-order valence-electron chi connectivity index (χ3n) is 4.83. The van der Waals surface area contributed by atoms with Crippen LogP contribution in [0, 0.1) is 0 Å². The first-order valence-corrected chi connectivity index (χ1v) is 8.83. The molecule has 2 aliphatic rings. The van der Waals surface area contributed by atoms with Crippen LogP contribution in [-0.2, 0) is 18.5 Å². The molecule has 0 aromatic carbocycles. The molecule has 132 valence electrons. The van der Waals surface area contributed by atoms with Gasteiger partial charge in [-0.05, 0) is 51.3 Å². The second kappa shape index (κ2) is 5.54. The molecule has 0 atom stereocenters. The van der Waals surface area contributed by atoms with Crippen molar-refractivity contribution in [3.8, 4) is 0 Å². The van der Waals surface area contributed by atoms with Gasteiger partial charge in [-0.15, -0.1) is 5.10 Å². The van der Waals surface area contributed by atoms with Crippen molar-refractivity contribution in [1.82, 2.24) is 24.9 Å². The number of rotatable bonds is 2. The van der Waals surface area contributed by atoms with Crippen molar-refractivity contribution in [3.05, 3.63) is 34.8 Å². The monoisotopic (exact) mass is 340 g/mol. The molecule has 7 heteroatoms. The fraction of sp³-hybridized carbons (Fsp3) is 0.556. The van der Waals surface area contributed by atoms with Crippen molar-refractivity contribution < 1.29 is 4.79 Å². The largest absolute Gasteiger partial charge is 0.382 e. The quantitative estimate of drug-likeness (QED) is 0.904. The van der Waals surface area contributed by atoms with Gasteiger partial charge in [-0.2, -0.15) is 10.2 Å². The Labute approximate surface area is 147 Å². The molecule has 2 N–H and O–H groups in total. The lowest BCUT2D eigenvalue weighted by Crippen LogP contribution is -2.37. The van der Waals surface area contributed by atoms with Gasteiger partial charge in [0.15, 0.2) is 5.69 Å². The number of amides is 1. The van der Waals surface area contributed by atoms with Gasteiger partial charge in [0.2, 0.25) is 0 Å². The Kier molecular flexibility index (Phi) is 3.56. The van der Waals surface area contributed by atoms with Gasteiger partial charge in [0, 0.05) is 31.1 Å². The summed E-state index contributed by atoms with van der Waals surface area (Å²) in [5.41, 5.74) is 9.23. The molecule has 2 aromatic rings. The normalized spacial score (nSPS) is 17.5. The fourth-order valence-corrected chi connectivity index (χ4v) is 3.39. The maximum Gasteiger partial charge on any atom is 0.274 e. The van der Waals surface area contributed by atoms with E-state index in [0.717, 1.165) is 11.3 Å². The first-order chi connectivity index (χ1) is 11.8. The minimum absolute atomic E-state index is 0.0223. The lowest BCUT2D eigenvalue weighted by Gasteiger charge is -2.27. The minimum atomic E-state index is -0.130. The molecule has 1 saturated carbocycles. The van der Waals surface area contributed by atoms with Crippen LogP contribution < -0.4 is 5.73 Å². The summed E-state index contributed by atoms with van der Waals surface area (Å²) in [6.45, 7) is 7.51. The summed E-state index contributed by atoms with van der Waals surface area (Å²) < 4.78 is 2.03. The lowest BCUT2D eigenvalue weighted by atomic mass is 10.1. The predicted molar refractivity (Wildman–Crippen MR) is 94.1 cm³/mol. The van der Waals surface area contributed by atoms with Crippen molar-refractivity contribution in [2.45, 2.75) is 58.0 Å². The highest BCUT2D eigenvalue weighted by molar-refractivity contribution is 5.92. The molecular formula is C18H24N6O. The van der Waals surface area contributed by atoms with E-state index < -0.39 is 0 Å². The van der Waals surface area contributed by atoms with E-state index >= 15 is 0 Å². The van der Waals surface area contributed by atoms with Gasteiger partial charge in [-0.3, -0.25) is 9.48 Å². The Morgan fingerprint density at radius 2 is 2.00 bits per heavy atom. The molecule has 25 heavy (non-hydrogen) atoms. The number of fused-ring (bicyclic) bond motifs is 1. The van der Waals surface area contributed by atoms with Crippen LogP contribution in [0.2, 0.25) is 0 Å². The Morgan fingerprint density at radius 1 is 1.24 bits per heavy atom. The molecule has 0 bridgehead atoms. The Morgan fingerprint density at radius 3 is 2.68 bits per heavy atom. The first kappa shape index (κ1) is 16.1. The zero-order chi connectivity index (χ0) is 17.8. The van der Waals surface area contributed by atoms with E-state index in [1.807, 2.05) is 21.7 Å². The standard InChI is InChI=1S/C18H24N6O/c1-18(2,3)24-15(11-4-5-11)9-14(22-24)17(25)23-7-6-13-12(10-23)8-16(19)21-20-13/h8-9,11H,4-7,10H2,1-3H3,(H2,19,21). The molecule has 4 rings (SSSR count). The topological polar surface area (TPSA) is 89.9 Å². The van der Waals surface area contributed by atoms with Crippen molar-refractivity contribution in [3.63, 3.8) is 0 Å². The Bertz CT molecular complexity index is 831. The van der Waals surface area contributed by atoms with E-state index in [9.17, 15) is 4.79 Å². The van der Waals surface area contributed by atoms with Crippen LogP contribution in [0.1, 0.15) is 67.0 Å². The van der Waals surface area contributed by atoms with Crippen molar-refractivity contribution >= 4 is 11.7 Å². The fourth-order valence-electron chi connectivity index (χ4n) is 3.39. The maximum atomic E-state index is 13.0. The van der Waals surface area contributed by atoms with Gasteiger partial charge in [-0.1, -0.05) is 0 Å². The smallest absolute Gasteiger partial charge is 0.274 e. The van der Waals surface area contributed by atoms with Gasteiger partial charge in [0.1, 0.15) is 5.82 Å². The number of nitrogens with zero attached hydrogens (tertiary/aromatic N) is 5. The number of carbonyl (C=O) groups excluding carboxylic acids is 1. The molecule has 0 unspecified atom stereocenters. The predicted octanol–water partition coefficient (Wildman–Crippen LogP) is 2.09. The molecule has 0 radical (unpaired) electrons. The molecule has 1 amide bonds. The van der Waals surface area contributed by atoms with Gasteiger partial charge in [-0.25, -0.2) is 0 Å². The summed E-state index contributed by atoms with van der Waals surface area (Å²) in [7, 11) is 0. The number of anilines is 1. The molecular weight excluding hydrogens is 316 g/mol. The van der Waals surface area contributed by atoms with Gasteiger partial charge in [0.25, 0.3) is 5.91 Å². The van der Waals surface area contributed by atoms with Crippen molar-refractivity contribution in [2.75, 3.05) is 12.3 Å². The highest BCUT2D eigenvalue weighted by atomic mass is 16.2. The second-order valence-corrected chi connectivity index (χ2v) is 8.03. The molecule has 1 fully saturated rings. The maximum absolute atomic E-state index is 13.0. The number of aromatic nitrogens is 4. The van der Waals surface area contributed by atoms with Crippen LogP contribution in [0.25, 0.3) is 0 Å². The molecule has 0 spiro atoms. The van der Waals surface area contributed by atoms with Crippen molar-refractivity contribution in [1.29, 1.82) is 0 Å². The molecule has 1 aliphatic carbocycles. The zero-order valence-corrected chi connectivity index (χ0v) is 15.0. The van der Waals surface area contributed by atoms with Crippen LogP contribution in [-0.4, -0.2) is 37.3 Å². The number of nitrogens with two attached hydrogens (primary N) is 1. The summed E-state index contributed by atoms with van der Waals surface area (Å²) in [5.74, 6) is 0.914. The van der Waals surface area contributed by atoms with E-state index in [1.165, 1.54) is 18.5 Å².